The van der Waals surface area contributed by atoms with Crippen molar-refractivity contribution in [2.45, 2.75) is 32.7 Å². The molecule has 37 heavy (non-hydrogen) atoms. The highest BCUT2D eigenvalue weighted by atomic mass is 16.5. The number of rotatable bonds is 9. The molecule has 1 atom stereocenters. The van der Waals surface area contributed by atoms with Gasteiger partial charge >= 0.3 is 0 Å². The topological polar surface area (TPSA) is 79.3 Å². The van der Waals surface area contributed by atoms with Crippen molar-refractivity contribution < 1.29 is 24.2 Å². The Morgan fingerprint density at radius 3 is 2.46 bits per heavy atom. The Labute approximate surface area is 219 Å². The van der Waals surface area contributed by atoms with Gasteiger partial charge in [-0.05, 0) is 47.7 Å². The molecule has 2 aliphatic rings. The van der Waals surface area contributed by atoms with Crippen molar-refractivity contribution in [3.63, 3.8) is 0 Å². The van der Waals surface area contributed by atoms with E-state index < -0.39 is 17.7 Å². The molecule has 2 aromatic carbocycles. The summed E-state index contributed by atoms with van der Waals surface area (Å²) >= 11 is 0. The second-order valence-electron chi connectivity index (χ2n) is 9.84. The van der Waals surface area contributed by atoms with Crippen LogP contribution in [-0.4, -0.2) is 72.6 Å². The first kappa shape index (κ1) is 26.6. The second kappa shape index (κ2) is 11.8. The fourth-order valence-corrected chi connectivity index (χ4v) is 4.89. The van der Waals surface area contributed by atoms with Crippen LogP contribution in [-0.2, 0) is 14.3 Å². The third-order valence-electron chi connectivity index (χ3n) is 7.04. The smallest absolute Gasteiger partial charge is 0.295 e. The first-order valence-electron chi connectivity index (χ1n) is 12.8. The van der Waals surface area contributed by atoms with Crippen LogP contribution < -0.4 is 4.74 Å². The van der Waals surface area contributed by atoms with Crippen LogP contribution in [0.4, 0.5) is 0 Å². The molecule has 0 bridgehead atoms. The van der Waals surface area contributed by atoms with E-state index in [1.165, 1.54) is 5.56 Å². The van der Waals surface area contributed by atoms with Crippen LogP contribution >= 0.6 is 0 Å². The molecule has 0 aliphatic carbocycles. The van der Waals surface area contributed by atoms with Crippen molar-refractivity contribution in [3.05, 3.63) is 82.9 Å². The molecule has 0 radical (unpaired) electrons. The fourth-order valence-electron chi connectivity index (χ4n) is 4.89. The van der Waals surface area contributed by atoms with Gasteiger partial charge in [-0.25, -0.2) is 0 Å². The molecule has 2 aromatic rings. The van der Waals surface area contributed by atoms with Gasteiger partial charge in [-0.15, -0.1) is 0 Å². The van der Waals surface area contributed by atoms with Crippen LogP contribution in [0.2, 0.25) is 0 Å². The summed E-state index contributed by atoms with van der Waals surface area (Å²) in [4.78, 5) is 30.5. The lowest BCUT2D eigenvalue weighted by Crippen LogP contribution is -2.42. The number of ketones is 1. The number of Topliss-reactive ketones (excluding diaryl/α,β-unsaturated/α-hetero) is 1. The largest absolute Gasteiger partial charge is 0.507 e. The van der Waals surface area contributed by atoms with Crippen LogP contribution in [0.25, 0.3) is 5.76 Å². The Hall–Kier alpha value is -3.42. The van der Waals surface area contributed by atoms with E-state index >= 15 is 0 Å². The van der Waals surface area contributed by atoms with E-state index in [4.69, 9.17) is 9.47 Å². The van der Waals surface area contributed by atoms with Crippen molar-refractivity contribution >= 4 is 17.4 Å². The number of likely N-dealkylation sites (tertiary alicyclic amines) is 1. The van der Waals surface area contributed by atoms with E-state index in [1.54, 1.807) is 29.2 Å². The lowest BCUT2D eigenvalue weighted by Gasteiger charge is -2.31. The Balaban J connectivity index is 1.73. The minimum absolute atomic E-state index is 0.118. The molecular formula is C30H36N2O5. The van der Waals surface area contributed by atoms with Crippen molar-refractivity contribution in [3.8, 4) is 5.75 Å². The van der Waals surface area contributed by atoms with Gasteiger partial charge in [0, 0.05) is 31.7 Å². The number of hydrogen-bond donors (Lipinski definition) is 1. The second-order valence-corrected chi connectivity index (χ2v) is 9.84. The molecule has 2 heterocycles. The number of aliphatic hydroxyl groups excluding tert-OH is 1. The van der Waals surface area contributed by atoms with E-state index in [0.29, 0.717) is 50.1 Å². The summed E-state index contributed by atoms with van der Waals surface area (Å²) in [5.41, 5.74) is 3.33. The lowest BCUT2D eigenvalue weighted by molar-refractivity contribution is -0.140. The van der Waals surface area contributed by atoms with Crippen LogP contribution in [0, 0.1) is 6.92 Å². The summed E-state index contributed by atoms with van der Waals surface area (Å²) in [5.74, 6) is -0.426. The zero-order chi connectivity index (χ0) is 26.5. The molecule has 0 aromatic heterocycles. The maximum atomic E-state index is 13.4. The molecule has 1 N–H and O–H groups in total. The van der Waals surface area contributed by atoms with E-state index in [2.05, 4.69) is 25.3 Å². The number of benzene rings is 2. The molecule has 1 unspecified atom stereocenters. The molecule has 7 heteroatoms. The minimum Gasteiger partial charge on any atom is -0.507 e. The highest BCUT2D eigenvalue weighted by molar-refractivity contribution is 6.46. The zero-order valence-electron chi connectivity index (χ0n) is 21.9. The first-order valence-corrected chi connectivity index (χ1v) is 12.8. The SMILES string of the molecule is C=CCOc1ccc(/C(O)=C2\C(=O)C(=O)N(CCN3CCOCC3)C2c2ccc(C(C)C)cc2)c(C)c1. The van der Waals surface area contributed by atoms with Gasteiger partial charge in [-0.3, -0.25) is 14.5 Å². The average Bonchev–Trinajstić information content (AvgIpc) is 3.16. The van der Waals surface area contributed by atoms with Crippen LogP contribution in [0.5, 0.6) is 5.75 Å². The number of morpholine rings is 1. The third kappa shape index (κ3) is 5.78. The van der Waals surface area contributed by atoms with Crippen LogP contribution in [0.1, 0.15) is 48.1 Å². The van der Waals surface area contributed by atoms with E-state index in [9.17, 15) is 14.7 Å². The quantitative estimate of drug-likeness (QED) is 0.236. The molecule has 196 valence electrons. The Kier molecular flexibility index (Phi) is 8.46. The van der Waals surface area contributed by atoms with Crippen molar-refractivity contribution in [2.75, 3.05) is 46.0 Å². The number of amides is 1. The van der Waals surface area contributed by atoms with Crippen molar-refractivity contribution in [1.29, 1.82) is 0 Å². The molecule has 1 amide bonds. The number of aliphatic hydroxyl groups is 1. The molecule has 0 spiro atoms. The van der Waals surface area contributed by atoms with Gasteiger partial charge in [0.1, 0.15) is 18.1 Å². The number of nitrogens with zero attached hydrogens (tertiary/aromatic N) is 2. The highest BCUT2D eigenvalue weighted by Crippen LogP contribution is 2.40. The van der Waals surface area contributed by atoms with Gasteiger partial charge in [-0.2, -0.15) is 0 Å². The lowest BCUT2D eigenvalue weighted by atomic mass is 9.92. The maximum absolute atomic E-state index is 13.4. The molecule has 2 saturated heterocycles. The summed E-state index contributed by atoms with van der Waals surface area (Å²) in [6, 6.07) is 12.6. The number of carbonyl (C=O) groups excluding carboxylic acids is 2. The van der Waals surface area contributed by atoms with Crippen LogP contribution in [0.15, 0.2) is 60.7 Å². The molecule has 4 rings (SSSR count). The van der Waals surface area contributed by atoms with Gasteiger partial charge in [-0.1, -0.05) is 50.8 Å². The molecule has 2 fully saturated rings. The summed E-state index contributed by atoms with van der Waals surface area (Å²) in [7, 11) is 0. The van der Waals surface area contributed by atoms with Gasteiger partial charge in [0.15, 0.2) is 0 Å². The van der Waals surface area contributed by atoms with E-state index in [-0.39, 0.29) is 11.3 Å². The minimum atomic E-state index is -0.668. The zero-order valence-corrected chi connectivity index (χ0v) is 21.9. The first-order chi connectivity index (χ1) is 17.8. The summed E-state index contributed by atoms with van der Waals surface area (Å²) < 4.78 is 11.0. The number of carbonyl (C=O) groups is 2. The summed E-state index contributed by atoms with van der Waals surface area (Å²) in [6.45, 7) is 14.0. The average molecular weight is 505 g/mol. The Bertz CT molecular complexity index is 1180. The fraction of sp³-hybridized carbons (Fsp3) is 0.400. The number of aryl methyl sites for hydroxylation is 1. The van der Waals surface area contributed by atoms with E-state index in [0.717, 1.165) is 24.2 Å². The van der Waals surface area contributed by atoms with Gasteiger partial charge in [0.25, 0.3) is 11.7 Å². The maximum Gasteiger partial charge on any atom is 0.295 e. The monoisotopic (exact) mass is 504 g/mol. The molecule has 0 saturated carbocycles. The molecule has 2 aliphatic heterocycles. The number of hydrogen-bond acceptors (Lipinski definition) is 6. The summed E-state index contributed by atoms with van der Waals surface area (Å²) in [5, 5.41) is 11.5. The van der Waals surface area contributed by atoms with Gasteiger partial charge in [0.05, 0.1) is 24.8 Å². The number of ether oxygens (including phenoxy) is 2. The predicted octanol–water partition coefficient (Wildman–Crippen LogP) is 4.44. The predicted molar refractivity (Wildman–Crippen MR) is 144 cm³/mol. The Morgan fingerprint density at radius 2 is 1.84 bits per heavy atom. The Morgan fingerprint density at radius 1 is 1.14 bits per heavy atom. The van der Waals surface area contributed by atoms with Crippen LogP contribution in [0.3, 0.4) is 0 Å². The van der Waals surface area contributed by atoms with Crippen molar-refractivity contribution in [1.82, 2.24) is 9.80 Å². The highest BCUT2D eigenvalue weighted by Gasteiger charge is 2.46. The standard InChI is InChI=1S/C30H36N2O5/c1-5-16-37-24-10-11-25(21(4)19-24)28(33)26-27(23-8-6-22(7-9-23)20(2)3)32(30(35)29(26)34)13-12-31-14-17-36-18-15-31/h5-11,19-20,27,33H,1,12-18H2,2-4H3/b28-26+. The molecular weight excluding hydrogens is 468 g/mol. The van der Waals surface area contributed by atoms with Gasteiger partial charge < -0.3 is 19.5 Å². The van der Waals surface area contributed by atoms with E-state index in [1.807, 2.05) is 31.2 Å². The van der Waals surface area contributed by atoms with Gasteiger partial charge in [0.2, 0.25) is 0 Å². The normalized spacial score (nSPS) is 20.0. The van der Waals surface area contributed by atoms with Crippen molar-refractivity contribution in [2.24, 2.45) is 0 Å². The molecule has 7 nitrogen and oxygen atoms in total. The third-order valence-corrected chi connectivity index (χ3v) is 7.04. The summed E-state index contributed by atoms with van der Waals surface area (Å²) in [6.07, 6.45) is 1.66.